The van der Waals surface area contributed by atoms with Crippen molar-refractivity contribution in [2.75, 3.05) is 26.2 Å². The maximum atomic E-state index is 4.82. The lowest BCUT2D eigenvalue weighted by atomic mass is 10.0. The molecule has 0 bridgehead atoms. The van der Waals surface area contributed by atoms with Crippen LogP contribution in [0.4, 0.5) is 0 Å². The van der Waals surface area contributed by atoms with E-state index in [1.807, 2.05) is 12.3 Å². The van der Waals surface area contributed by atoms with Crippen molar-refractivity contribution < 1.29 is 0 Å². The molecule has 1 aliphatic heterocycles. The average Bonchev–Trinajstić information content (AvgIpc) is 2.70. The Labute approximate surface area is 175 Å². The van der Waals surface area contributed by atoms with Gasteiger partial charge in [0.2, 0.25) is 0 Å². The summed E-state index contributed by atoms with van der Waals surface area (Å²) < 4.78 is 0. The number of hydrogen-bond acceptors (Lipinski definition) is 3. The third kappa shape index (κ3) is 7.17. The van der Waals surface area contributed by atoms with Crippen LogP contribution >= 0.6 is 0 Å². The second-order valence-corrected chi connectivity index (χ2v) is 8.02. The van der Waals surface area contributed by atoms with Gasteiger partial charge in [0, 0.05) is 45.0 Å². The molecular formula is C24H35N5. The third-order valence-electron chi connectivity index (χ3n) is 5.34. The van der Waals surface area contributed by atoms with Gasteiger partial charge in [0.25, 0.3) is 0 Å². The van der Waals surface area contributed by atoms with Gasteiger partial charge in [0.05, 0.1) is 5.69 Å². The van der Waals surface area contributed by atoms with Crippen molar-refractivity contribution in [2.24, 2.45) is 4.99 Å². The molecule has 3 rings (SSSR count). The number of benzene rings is 1. The first-order valence-corrected chi connectivity index (χ1v) is 10.9. The topological polar surface area (TPSA) is 52.6 Å². The quantitative estimate of drug-likeness (QED) is 0.559. The van der Waals surface area contributed by atoms with Crippen LogP contribution < -0.4 is 10.6 Å². The van der Waals surface area contributed by atoms with Crippen molar-refractivity contribution in [1.29, 1.82) is 0 Å². The SMILES string of the molecule is CCNC(=NCCc1cc(C)cc(C)c1)NC1CCN(Cc2ccccn2)CC1. The average molecular weight is 394 g/mol. The van der Waals surface area contributed by atoms with Crippen molar-refractivity contribution in [3.8, 4) is 0 Å². The molecule has 5 nitrogen and oxygen atoms in total. The predicted molar refractivity (Wildman–Crippen MR) is 121 cm³/mol. The first-order valence-electron chi connectivity index (χ1n) is 10.9. The highest BCUT2D eigenvalue weighted by Gasteiger charge is 2.20. The number of aliphatic imine (C=N–C) groups is 1. The lowest BCUT2D eigenvalue weighted by Gasteiger charge is -2.32. The minimum absolute atomic E-state index is 0.481. The fraction of sp³-hybridized carbons (Fsp3) is 0.500. The number of piperidine rings is 1. The van der Waals surface area contributed by atoms with Gasteiger partial charge in [-0.3, -0.25) is 14.9 Å². The van der Waals surface area contributed by atoms with Gasteiger partial charge in [-0.25, -0.2) is 0 Å². The number of nitrogens with one attached hydrogen (secondary N) is 2. The molecule has 1 aromatic carbocycles. The van der Waals surface area contributed by atoms with Gasteiger partial charge in [0.1, 0.15) is 0 Å². The van der Waals surface area contributed by atoms with Gasteiger partial charge in [-0.1, -0.05) is 35.4 Å². The minimum atomic E-state index is 0.481. The van der Waals surface area contributed by atoms with Gasteiger partial charge in [0.15, 0.2) is 5.96 Å². The van der Waals surface area contributed by atoms with E-state index >= 15 is 0 Å². The molecule has 0 saturated carbocycles. The van der Waals surface area contributed by atoms with Gasteiger partial charge in [-0.2, -0.15) is 0 Å². The summed E-state index contributed by atoms with van der Waals surface area (Å²) in [4.78, 5) is 11.8. The molecule has 156 valence electrons. The first-order chi connectivity index (χ1) is 14.1. The number of likely N-dealkylation sites (tertiary alicyclic amines) is 1. The Balaban J connectivity index is 1.47. The monoisotopic (exact) mass is 393 g/mol. The van der Waals surface area contributed by atoms with Gasteiger partial charge < -0.3 is 10.6 Å². The molecule has 0 aliphatic carbocycles. The number of aryl methyl sites for hydroxylation is 2. The Hall–Kier alpha value is -2.40. The molecule has 2 heterocycles. The number of guanidine groups is 1. The van der Waals surface area contributed by atoms with E-state index in [1.165, 1.54) is 16.7 Å². The molecule has 0 radical (unpaired) electrons. The largest absolute Gasteiger partial charge is 0.357 e. The number of rotatable bonds is 7. The Bertz CT molecular complexity index is 759. The molecule has 0 unspecified atom stereocenters. The molecular weight excluding hydrogens is 358 g/mol. The number of pyridine rings is 1. The van der Waals surface area contributed by atoms with Crippen molar-refractivity contribution >= 4 is 5.96 Å². The highest BCUT2D eigenvalue weighted by atomic mass is 15.2. The van der Waals surface area contributed by atoms with Crippen LogP contribution in [-0.4, -0.2) is 48.1 Å². The van der Waals surface area contributed by atoms with Crippen LogP contribution in [0, 0.1) is 13.8 Å². The van der Waals surface area contributed by atoms with Crippen molar-refractivity contribution in [3.05, 3.63) is 65.0 Å². The molecule has 0 amide bonds. The zero-order valence-electron chi connectivity index (χ0n) is 18.1. The van der Waals surface area contributed by atoms with Crippen LogP contribution in [0.3, 0.4) is 0 Å². The zero-order chi connectivity index (χ0) is 20.5. The Morgan fingerprint density at radius 1 is 1.14 bits per heavy atom. The second-order valence-electron chi connectivity index (χ2n) is 8.02. The molecule has 2 N–H and O–H groups in total. The van der Waals surface area contributed by atoms with Crippen LogP contribution in [-0.2, 0) is 13.0 Å². The smallest absolute Gasteiger partial charge is 0.191 e. The summed E-state index contributed by atoms with van der Waals surface area (Å²) in [5, 5.41) is 7.05. The first kappa shape index (κ1) is 21.3. The molecule has 0 atom stereocenters. The van der Waals surface area contributed by atoms with Crippen LogP contribution in [0.15, 0.2) is 47.6 Å². The van der Waals surface area contributed by atoms with Gasteiger partial charge >= 0.3 is 0 Å². The van der Waals surface area contributed by atoms with E-state index in [4.69, 9.17) is 4.99 Å². The van der Waals surface area contributed by atoms with E-state index in [-0.39, 0.29) is 0 Å². The van der Waals surface area contributed by atoms with Crippen molar-refractivity contribution in [3.63, 3.8) is 0 Å². The number of nitrogens with zero attached hydrogens (tertiary/aromatic N) is 3. The highest BCUT2D eigenvalue weighted by Crippen LogP contribution is 2.13. The van der Waals surface area contributed by atoms with E-state index < -0.39 is 0 Å². The molecule has 1 saturated heterocycles. The standard InChI is InChI=1S/C24H35N5/c1-4-25-24(27-12-8-21-16-19(2)15-20(3)17-21)28-22-9-13-29(14-10-22)18-23-7-5-6-11-26-23/h5-7,11,15-17,22H,4,8-10,12-14,18H2,1-3H3,(H2,25,27,28). The van der Waals surface area contributed by atoms with E-state index in [0.29, 0.717) is 6.04 Å². The van der Waals surface area contributed by atoms with Crippen LogP contribution in [0.2, 0.25) is 0 Å². The van der Waals surface area contributed by atoms with Crippen molar-refractivity contribution in [1.82, 2.24) is 20.5 Å². The zero-order valence-corrected chi connectivity index (χ0v) is 18.1. The molecule has 2 aromatic rings. The van der Waals surface area contributed by atoms with Crippen LogP contribution in [0.25, 0.3) is 0 Å². The third-order valence-corrected chi connectivity index (χ3v) is 5.34. The minimum Gasteiger partial charge on any atom is -0.357 e. The van der Waals surface area contributed by atoms with Crippen molar-refractivity contribution in [2.45, 2.75) is 52.6 Å². The number of hydrogen-bond donors (Lipinski definition) is 2. The molecule has 0 spiro atoms. The maximum absolute atomic E-state index is 4.82. The summed E-state index contributed by atoms with van der Waals surface area (Å²) in [6.07, 6.45) is 5.12. The summed E-state index contributed by atoms with van der Waals surface area (Å²) in [6, 6.07) is 13.4. The van der Waals surface area contributed by atoms with E-state index in [0.717, 1.165) is 63.6 Å². The van der Waals surface area contributed by atoms with Crippen LogP contribution in [0.5, 0.6) is 0 Å². The second kappa shape index (κ2) is 11.0. The fourth-order valence-corrected chi connectivity index (χ4v) is 3.98. The molecule has 1 aromatic heterocycles. The summed E-state index contributed by atoms with van der Waals surface area (Å²) in [6.45, 7) is 11.3. The van der Waals surface area contributed by atoms with E-state index in [9.17, 15) is 0 Å². The Morgan fingerprint density at radius 3 is 2.55 bits per heavy atom. The van der Waals surface area contributed by atoms with E-state index in [2.05, 4.69) is 71.6 Å². The number of aromatic nitrogens is 1. The fourth-order valence-electron chi connectivity index (χ4n) is 3.98. The molecule has 1 fully saturated rings. The lowest BCUT2D eigenvalue weighted by Crippen LogP contribution is -2.48. The molecule has 1 aliphatic rings. The molecule has 5 heteroatoms. The van der Waals surface area contributed by atoms with Gasteiger partial charge in [-0.05, 0) is 57.7 Å². The summed E-state index contributed by atoms with van der Waals surface area (Å²) >= 11 is 0. The summed E-state index contributed by atoms with van der Waals surface area (Å²) in [5.74, 6) is 0.944. The van der Waals surface area contributed by atoms with E-state index in [1.54, 1.807) is 0 Å². The summed E-state index contributed by atoms with van der Waals surface area (Å²) in [5.41, 5.74) is 5.17. The lowest BCUT2D eigenvalue weighted by molar-refractivity contribution is 0.196. The van der Waals surface area contributed by atoms with Crippen LogP contribution in [0.1, 0.15) is 42.1 Å². The Kier molecular flexibility index (Phi) is 8.05. The predicted octanol–water partition coefficient (Wildman–Crippen LogP) is 3.46. The maximum Gasteiger partial charge on any atom is 0.191 e. The molecule has 29 heavy (non-hydrogen) atoms. The Morgan fingerprint density at radius 2 is 1.90 bits per heavy atom. The van der Waals surface area contributed by atoms with Gasteiger partial charge in [-0.15, -0.1) is 0 Å². The summed E-state index contributed by atoms with van der Waals surface area (Å²) in [7, 11) is 0. The normalized spacial score (nSPS) is 16.0. The highest BCUT2D eigenvalue weighted by molar-refractivity contribution is 5.80.